The molecule has 0 aliphatic rings. The van der Waals surface area contributed by atoms with Gasteiger partial charge in [-0.3, -0.25) is 0 Å². The van der Waals surface area contributed by atoms with Crippen LogP contribution in [0.4, 0.5) is 0 Å². The molecular weight excluding hydrogens is 180 g/mol. The highest BCUT2D eigenvalue weighted by Gasteiger charge is 2.17. The maximum atomic E-state index is 8.79. The van der Waals surface area contributed by atoms with Gasteiger partial charge in [0.1, 0.15) is 0 Å². The lowest BCUT2D eigenvalue weighted by atomic mass is 9.90. The molecule has 0 spiro atoms. The largest absolute Gasteiger partial charge is 0.198 e. The van der Waals surface area contributed by atoms with Gasteiger partial charge in [-0.1, -0.05) is 19.6 Å². The lowest BCUT2D eigenvalue weighted by molar-refractivity contribution is 0.608. The second kappa shape index (κ2) is 6.34. The van der Waals surface area contributed by atoms with Gasteiger partial charge in [0, 0.05) is 5.57 Å². The van der Waals surface area contributed by atoms with E-state index in [-0.39, 0.29) is 5.92 Å². The van der Waals surface area contributed by atoms with Gasteiger partial charge in [-0.25, -0.2) is 0 Å². The van der Waals surface area contributed by atoms with E-state index in [1.165, 1.54) is 0 Å². The number of nitriles is 2. The summed E-state index contributed by atoms with van der Waals surface area (Å²) in [6, 6.07) is 3.99. The van der Waals surface area contributed by atoms with Crippen molar-refractivity contribution in [2.24, 2.45) is 11.8 Å². The summed E-state index contributed by atoms with van der Waals surface area (Å²) >= 11 is 1.57. The molecule has 0 aliphatic carbocycles. The molecule has 0 saturated carbocycles. The van der Waals surface area contributed by atoms with Crippen LogP contribution in [0.1, 0.15) is 6.92 Å². The van der Waals surface area contributed by atoms with Crippen LogP contribution in [0.5, 0.6) is 0 Å². The van der Waals surface area contributed by atoms with Crippen LogP contribution >= 0.6 is 11.8 Å². The van der Waals surface area contributed by atoms with E-state index in [9.17, 15) is 0 Å². The van der Waals surface area contributed by atoms with Crippen molar-refractivity contribution in [1.82, 2.24) is 0 Å². The lowest BCUT2D eigenvalue weighted by Gasteiger charge is -2.11. The minimum atomic E-state index is -0.395. The van der Waals surface area contributed by atoms with Gasteiger partial charge in [0.15, 0.2) is 0 Å². The summed E-state index contributed by atoms with van der Waals surface area (Å²) in [5.74, 6) is -0.349. The smallest absolute Gasteiger partial charge is 0.0955 e. The van der Waals surface area contributed by atoms with Crippen LogP contribution in [0.3, 0.4) is 0 Å². The van der Waals surface area contributed by atoms with Crippen LogP contribution in [0.25, 0.3) is 0 Å². The van der Waals surface area contributed by atoms with Crippen LogP contribution in [0.15, 0.2) is 23.6 Å². The highest BCUT2D eigenvalue weighted by atomic mass is 32.2. The zero-order chi connectivity index (χ0) is 10.3. The van der Waals surface area contributed by atoms with Crippen LogP contribution in [0, 0.1) is 34.5 Å². The number of hydrogen-bond acceptors (Lipinski definition) is 3. The Balaban J connectivity index is 4.45. The Kier molecular flexibility index (Phi) is 5.76. The molecule has 0 rings (SSSR count). The molecule has 0 aromatic heterocycles. The SMILES string of the molecule is C=C(C#N)C(C#N)C(C)/C=C/SC. The maximum absolute atomic E-state index is 8.79. The van der Waals surface area contributed by atoms with Gasteiger partial charge in [0.05, 0.1) is 18.1 Å². The topological polar surface area (TPSA) is 47.6 Å². The highest BCUT2D eigenvalue weighted by Crippen LogP contribution is 2.20. The summed E-state index contributed by atoms with van der Waals surface area (Å²) in [5.41, 5.74) is 0.334. The Labute approximate surface area is 83.6 Å². The summed E-state index contributed by atoms with van der Waals surface area (Å²) in [5, 5.41) is 19.3. The average Bonchev–Trinajstić information content (AvgIpc) is 2.15. The first-order valence-corrected chi connectivity index (χ1v) is 5.14. The Bertz CT molecular complexity index is 280. The molecule has 0 aromatic rings. The van der Waals surface area contributed by atoms with E-state index in [1.807, 2.05) is 30.7 Å². The molecule has 2 unspecified atom stereocenters. The molecule has 3 heteroatoms. The Hall–Kier alpha value is -1.19. The van der Waals surface area contributed by atoms with Gasteiger partial charge in [-0.05, 0) is 17.6 Å². The fourth-order valence-corrected chi connectivity index (χ4v) is 1.30. The minimum absolute atomic E-state index is 0.0459. The first kappa shape index (κ1) is 11.8. The third-order valence-electron chi connectivity index (χ3n) is 1.70. The van der Waals surface area contributed by atoms with Crippen molar-refractivity contribution < 1.29 is 0 Å². The lowest BCUT2D eigenvalue weighted by Crippen LogP contribution is -2.08. The van der Waals surface area contributed by atoms with E-state index >= 15 is 0 Å². The van der Waals surface area contributed by atoms with Crippen molar-refractivity contribution in [2.45, 2.75) is 6.92 Å². The van der Waals surface area contributed by atoms with E-state index < -0.39 is 5.92 Å². The summed E-state index contributed by atoms with van der Waals surface area (Å²) in [4.78, 5) is 0. The summed E-state index contributed by atoms with van der Waals surface area (Å²) in [7, 11) is 0. The van der Waals surface area contributed by atoms with Gasteiger partial charge in [-0.15, -0.1) is 11.8 Å². The van der Waals surface area contributed by atoms with E-state index in [1.54, 1.807) is 11.8 Å². The molecule has 0 aromatic carbocycles. The quantitative estimate of drug-likeness (QED) is 0.643. The van der Waals surface area contributed by atoms with Gasteiger partial charge in [-0.2, -0.15) is 10.5 Å². The second-order valence-corrected chi connectivity index (χ2v) is 3.41. The molecule has 0 radical (unpaired) electrons. The maximum Gasteiger partial charge on any atom is 0.0955 e. The van der Waals surface area contributed by atoms with E-state index in [0.29, 0.717) is 5.57 Å². The Morgan fingerprint density at radius 2 is 2.15 bits per heavy atom. The average molecular weight is 192 g/mol. The van der Waals surface area contributed by atoms with Crippen molar-refractivity contribution in [3.05, 3.63) is 23.6 Å². The van der Waals surface area contributed by atoms with E-state index in [4.69, 9.17) is 10.5 Å². The molecule has 0 fully saturated rings. The molecule has 0 N–H and O–H groups in total. The minimum Gasteiger partial charge on any atom is -0.198 e. The zero-order valence-electron chi connectivity index (χ0n) is 7.82. The van der Waals surface area contributed by atoms with Crippen molar-refractivity contribution in [3.63, 3.8) is 0 Å². The number of allylic oxidation sites excluding steroid dienone is 2. The fraction of sp³-hybridized carbons (Fsp3) is 0.400. The molecule has 68 valence electrons. The summed E-state index contributed by atoms with van der Waals surface area (Å²) in [6.07, 6.45) is 3.87. The summed E-state index contributed by atoms with van der Waals surface area (Å²) < 4.78 is 0. The highest BCUT2D eigenvalue weighted by molar-refractivity contribution is 8.01. The van der Waals surface area contributed by atoms with Crippen LogP contribution < -0.4 is 0 Å². The van der Waals surface area contributed by atoms with Gasteiger partial charge in [0.25, 0.3) is 0 Å². The monoisotopic (exact) mass is 192 g/mol. The third kappa shape index (κ3) is 3.83. The molecule has 0 heterocycles. The first-order valence-electron chi connectivity index (χ1n) is 3.85. The van der Waals surface area contributed by atoms with Crippen molar-refractivity contribution >= 4 is 11.8 Å². The molecule has 13 heavy (non-hydrogen) atoms. The number of hydrogen-bond donors (Lipinski definition) is 0. The molecule has 0 aliphatic heterocycles. The molecular formula is C10H12N2S. The second-order valence-electron chi connectivity index (χ2n) is 2.67. The summed E-state index contributed by atoms with van der Waals surface area (Å²) in [6.45, 7) is 5.46. The number of nitrogens with zero attached hydrogens (tertiary/aromatic N) is 2. The normalized spacial score (nSPS) is 14.5. The van der Waals surface area contributed by atoms with Gasteiger partial charge in [0.2, 0.25) is 0 Å². The van der Waals surface area contributed by atoms with E-state index in [0.717, 1.165) is 0 Å². The predicted octanol–water partition coefficient (Wildman–Crippen LogP) is 2.72. The Morgan fingerprint density at radius 3 is 2.54 bits per heavy atom. The van der Waals surface area contributed by atoms with Crippen LogP contribution in [-0.4, -0.2) is 6.26 Å². The Morgan fingerprint density at radius 1 is 1.54 bits per heavy atom. The molecule has 2 nitrogen and oxygen atoms in total. The molecule has 0 amide bonds. The van der Waals surface area contributed by atoms with Crippen LogP contribution in [0.2, 0.25) is 0 Å². The van der Waals surface area contributed by atoms with Crippen molar-refractivity contribution in [3.8, 4) is 12.1 Å². The first-order chi connectivity index (χ1) is 6.17. The van der Waals surface area contributed by atoms with E-state index in [2.05, 4.69) is 12.6 Å². The van der Waals surface area contributed by atoms with Gasteiger partial charge >= 0.3 is 0 Å². The molecule has 2 atom stereocenters. The number of rotatable bonds is 4. The van der Waals surface area contributed by atoms with Gasteiger partial charge < -0.3 is 0 Å². The van der Waals surface area contributed by atoms with Crippen molar-refractivity contribution in [1.29, 1.82) is 10.5 Å². The fourth-order valence-electron chi connectivity index (χ4n) is 0.896. The van der Waals surface area contributed by atoms with Crippen molar-refractivity contribution in [2.75, 3.05) is 6.26 Å². The standard InChI is InChI=1S/C10H12N2S/c1-8(4-5-13-3)10(7-12)9(2)6-11/h4-5,8,10H,2H2,1,3H3/b5-4+. The predicted molar refractivity (Wildman–Crippen MR) is 55.7 cm³/mol. The molecule has 0 bridgehead atoms. The van der Waals surface area contributed by atoms with Crippen LogP contribution in [-0.2, 0) is 0 Å². The third-order valence-corrected chi connectivity index (χ3v) is 2.13. The zero-order valence-corrected chi connectivity index (χ0v) is 8.64. The number of thioether (sulfide) groups is 1. The molecule has 0 saturated heterocycles.